The van der Waals surface area contributed by atoms with Gasteiger partial charge in [-0.3, -0.25) is 4.79 Å². The predicted molar refractivity (Wildman–Crippen MR) is 99.1 cm³/mol. The highest BCUT2D eigenvalue weighted by Crippen LogP contribution is 2.19. The first kappa shape index (κ1) is 17.3. The number of para-hydroxylation sites is 1. The second kappa shape index (κ2) is 8.53. The Labute approximate surface area is 148 Å². The van der Waals surface area contributed by atoms with E-state index in [0.29, 0.717) is 6.61 Å². The first-order chi connectivity index (χ1) is 12.2. The first-order valence-corrected chi connectivity index (χ1v) is 8.67. The van der Waals surface area contributed by atoms with Crippen LogP contribution in [0.3, 0.4) is 0 Å². The van der Waals surface area contributed by atoms with Gasteiger partial charge < -0.3 is 20.1 Å². The van der Waals surface area contributed by atoms with Crippen molar-refractivity contribution in [2.24, 2.45) is 0 Å². The van der Waals surface area contributed by atoms with Crippen molar-refractivity contribution in [1.82, 2.24) is 0 Å². The Balaban J connectivity index is 1.47. The SMILES string of the molecule is C[C@H](Nc1ccc(OC[C@@H]2CCCO2)cc1)C(=O)Nc1ccccc1. The maximum absolute atomic E-state index is 12.2. The number of anilines is 2. The van der Waals surface area contributed by atoms with Crippen LogP contribution in [0.5, 0.6) is 5.75 Å². The molecule has 0 unspecified atom stereocenters. The van der Waals surface area contributed by atoms with Crippen LogP contribution in [0.2, 0.25) is 0 Å². The zero-order valence-corrected chi connectivity index (χ0v) is 14.4. The lowest BCUT2D eigenvalue weighted by molar-refractivity contribution is -0.116. The van der Waals surface area contributed by atoms with Crippen molar-refractivity contribution < 1.29 is 14.3 Å². The summed E-state index contributed by atoms with van der Waals surface area (Å²) in [6.45, 7) is 3.25. The number of carbonyl (C=O) groups excluding carboxylic acids is 1. The molecule has 1 amide bonds. The molecule has 2 atom stereocenters. The summed E-state index contributed by atoms with van der Waals surface area (Å²) >= 11 is 0. The number of hydrogen-bond donors (Lipinski definition) is 2. The van der Waals surface area contributed by atoms with Crippen LogP contribution in [-0.2, 0) is 9.53 Å². The van der Waals surface area contributed by atoms with Crippen molar-refractivity contribution in [1.29, 1.82) is 0 Å². The van der Waals surface area contributed by atoms with Crippen molar-refractivity contribution in [3.8, 4) is 5.75 Å². The van der Waals surface area contributed by atoms with Gasteiger partial charge in [-0.25, -0.2) is 0 Å². The highest BCUT2D eigenvalue weighted by molar-refractivity contribution is 5.96. The van der Waals surface area contributed by atoms with Gasteiger partial charge in [0, 0.05) is 18.0 Å². The number of hydrogen-bond acceptors (Lipinski definition) is 4. The minimum atomic E-state index is -0.348. The molecule has 2 aromatic rings. The Kier molecular flexibility index (Phi) is 5.90. The molecule has 1 saturated heterocycles. The normalized spacial score (nSPS) is 17.7. The topological polar surface area (TPSA) is 59.6 Å². The molecular weight excluding hydrogens is 316 g/mol. The van der Waals surface area contributed by atoms with Gasteiger partial charge in [0.15, 0.2) is 0 Å². The van der Waals surface area contributed by atoms with E-state index < -0.39 is 0 Å². The molecule has 25 heavy (non-hydrogen) atoms. The van der Waals surface area contributed by atoms with E-state index in [1.54, 1.807) is 0 Å². The van der Waals surface area contributed by atoms with Crippen LogP contribution < -0.4 is 15.4 Å². The smallest absolute Gasteiger partial charge is 0.246 e. The molecule has 0 spiro atoms. The first-order valence-electron chi connectivity index (χ1n) is 8.67. The molecule has 1 heterocycles. The summed E-state index contributed by atoms with van der Waals surface area (Å²) in [6.07, 6.45) is 2.38. The van der Waals surface area contributed by atoms with Gasteiger partial charge in [-0.2, -0.15) is 0 Å². The fourth-order valence-corrected chi connectivity index (χ4v) is 2.70. The van der Waals surface area contributed by atoms with Crippen LogP contribution >= 0.6 is 0 Å². The van der Waals surface area contributed by atoms with Crippen molar-refractivity contribution in [3.05, 3.63) is 54.6 Å². The zero-order valence-electron chi connectivity index (χ0n) is 14.4. The highest BCUT2D eigenvalue weighted by atomic mass is 16.5. The Morgan fingerprint density at radius 1 is 1.16 bits per heavy atom. The van der Waals surface area contributed by atoms with Crippen LogP contribution in [0.15, 0.2) is 54.6 Å². The van der Waals surface area contributed by atoms with Crippen molar-refractivity contribution >= 4 is 17.3 Å². The summed E-state index contributed by atoms with van der Waals surface area (Å²) in [5, 5.41) is 6.08. The molecule has 5 heteroatoms. The minimum absolute atomic E-state index is 0.0788. The quantitative estimate of drug-likeness (QED) is 0.807. The zero-order chi connectivity index (χ0) is 17.5. The lowest BCUT2D eigenvalue weighted by Gasteiger charge is -2.16. The molecule has 0 aliphatic carbocycles. The largest absolute Gasteiger partial charge is 0.491 e. The summed E-state index contributed by atoms with van der Waals surface area (Å²) < 4.78 is 11.3. The van der Waals surface area contributed by atoms with Crippen LogP contribution in [0.25, 0.3) is 0 Å². The Bertz CT molecular complexity index is 667. The molecule has 1 aliphatic rings. The number of rotatable bonds is 7. The molecule has 5 nitrogen and oxygen atoms in total. The lowest BCUT2D eigenvalue weighted by atomic mass is 10.2. The monoisotopic (exact) mass is 340 g/mol. The third-order valence-electron chi connectivity index (χ3n) is 4.13. The van der Waals surface area contributed by atoms with Gasteiger partial charge in [0.2, 0.25) is 5.91 Å². The van der Waals surface area contributed by atoms with E-state index in [0.717, 1.165) is 36.6 Å². The third kappa shape index (κ3) is 5.22. The molecule has 2 N–H and O–H groups in total. The second-order valence-electron chi connectivity index (χ2n) is 6.19. The van der Waals surface area contributed by atoms with E-state index in [9.17, 15) is 4.79 Å². The van der Waals surface area contributed by atoms with Gasteiger partial charge in [-0.05, 0) is 56.2 Å². The van der Waals surface area contributed by atoms with Gasteiger partial charge in [0.1, 0.15) is 18.4 Å². The van der Waals surface area contributed by atoms with Crippen molar-refractivity contribution in [3.63, 3.8) is 0 Å². The Hall–Kier alpha value is -2.53. The molecule has 0 bridgehead atoms. The number of carbonyl (C=O) groups is 1. The van der Waals surface area contributed by atoms with E-state index in [-0.39, 0.29) is 18.1 Å². The third-order valence-corrected chi connectivity index (χ3v) is 4.13. The summed E-state index contributed by atoms with van der Waals surface area (Å²) in [5.41, 5.74) is 1.67. The van der Waals surface area contributed by atoms with Crippen molar-refractivity contribution in [2.45, 2.75) is 31.9 Å². The second-order valence-corrected chi connectivity index (χ2v) is 6.19. The van der Waals surface area contributed by atoms with E-state index in [1.807, 2.05) is 61.5 Å². The standard InChI is InChI=1S/C20H24N2O3/c1-15(20(23)22-16-6-3-2-4-7-16)21-17-9-11-18(12-10-17)25-14-19-8-5-13-24-19/h2-4,6-7,9-12,15,19,21H,5,8,13-14H2,1H3,(H,22,23)/t15-,19-/m0/s1. The fraction of sp³-hybridized carbons (Fsp3) is 0.350. The fourth-order valence-electron chi connectivity index (χ4n) is 2.70. The van der Waals surface area contributed by atoms with E-state index in [4.69, 9.17) is 9.47 Å². The van der Waals surface area contributed by atoms with Gasteiger partial charge >= 0.3 is 0 Å². The van der Waals surface area contributed by atoms with Gasteiger partial charge in [0.25, 0.3) is 0 Å². The van der Waals surface area contributed by atoms with E-state index >= 15 is 0 Å². The summed E-state index contributed by atoms with van der Waals surface area (Å²) in [5.74, 6) is 0.729. The summed E-state index contributed by atoms with van der Waals surface area (Å²) in [6, 6.07) is 16.7. The van der Waals surface area contributed by atoms with Gasteiger partial charge in [0.05, 0.1) is 6.10 Å². The highest BCUT2D eigenvalue weighted by Gasteiger charge is 2.16. The van der Waals surface area contributed by atoms with E-state index in [1.165, 1.54) is 0 Å². The summed E-state index contributed by atoms with van der Waals surface area (Å²) in [4.78, 5) is 12.2. The van der Waals surface area contributed by atoms with E-state index in [2.05, 4.69) is 10.6 Å². The van der Waals surface area contributed by atoms with Gasteiger partial charge in [-0.15, -0.1) is 0 Å². The lowest BCUT2D eigenvalue weighted by Crippen LogP contribution is -2.31. The number of amides is 1. The molecule has 3 rings (SSSR count). The Morgan fingerprint density at radius 2 is 1.92 bits per heavy atom. The number of ether oxygens (including phenoxy) is 2. The molecule has 132 valence electrons. The maximum Gasteiger partial charge on any atom is 0.246 e. The average Bonchev–Trinajstić information content (AvgIpc) is 3.15. The molecule has 1 aliphatic heterocycles. The van der Waals surface area contributed by atoms with Crippen molar-refractivity contribution in [2.75, 3.05) is 23.8 Å². The number of nitrogens with one attached hydrogen (secondary N) is 2. The molecule has 0 radical (unpaired) electrons. The van der Waals surface area contributed by atoms with Crippen LogP contribution in [0.1, 0.15) is 19.8 Å². The molecule has 0 saturated carbocycles. The summed E-state index contributed by atoms with van der Waals surface area (Å²) in [7, 11) is 0. The van der Waals surface area contributed by atoms with Crippen LogP contribution in [0, 0.1) is 0 Å². The Morgan fingerprint density at radius 3 is 2.60 bits per heavy atom. The predicted octanol–water partition coefficient (Wildman–Crippen LogP) is 3.68. The molecular formula is C20H24N2O3. The van der Waals surface area contributed by atoms with Crippen LogP contribution in [0.4, 0.5) is 11.4 Å². The molecule has 0 aromatic heterocycles. The average molecular weight is 340 g/mol. The van der Waals surface area contributed by atoms with Crippen LogP contribution in [-0.4, -0.2) is 31.3 Å². The minimum Gasteiger partial charge on any atom is -0.491 e. The number of benzene rings is 2. The van der Waals surface area contributed by atoms with Gasteiger partial charge in [-0.1, -0.05) is 18.2 Å². The molecule has 1 fully saturated rings. The maximum atomic E-state index is 12.2. The molecule has 2 aromatic carbocycles.